The Bertz CT molecular complexity index is 801. The van der Waals surface area contributed by atoms with Gasteiger partial charge in [0.25, 0.3) is 5.91 Å². The molecule has 0 radical (unpaired) electrons. The summed E-state index contributed by atoms with van der Waals surface area (Å²) in [5, 5.41) is 5.98. The van der Waals surface area contributed by atoms with E-state index in [4.69, 9.17) is 16.3 Å². The number of ether oxygens (including phenoxy) is 1. The van der Waals surface area contributed by atoms with Gasteiger partial charge in [0.15, 0.2) is 6.61 Å². The molecule has 1 N–H and O–H groups in total. The fourth-order valence-corrected chi connectivity index (χ4v) is 4.14. The van der Waals surface area contributed by atoms with Crippen LogP contribution < -0.4 is 10.1 Å². The largest absolute Gasteiger partial charge is 0.484 e. The van der Waals surface area contributed by atoms with Crippen molar-refractivity contribution in [2.24, 2.45) is 0 Å². The molecule has 2 aromatic carbocycles. The molecule has 1 heterocycles. The molecule has 0 fully saturated rings. The number of thioether (sulfide) groups is 1. The second-order valence-corrected chi connectivity index (χ2v) is 8.81. The number of halogens is 2. The van der Waals surface area contributed by atoms with Crippen molar-refractivity contribution in [1.29, 1.82) is 0 Å². The third-order valence-electron chi connectivity index (χ3n) is 4.06. The Balaban J connectivity index is 1.40. The van der Waals surface area contributed by atoms with Gasteiger partial charge in [-0.15, -0.1) is 11.8 Å². The van der Waals surface area contributed by atoms with E-state index in [9.17, 15) is 4.79 Å². The standard InChI is InChI=1S/C20H20ClIN2O2S/c21-16-3-1-2-15(12-16)8-9-24-10-11-27-20(24)13-23-19(25)14-26-18-6-4-17(22)5-7-18/h1-7,10-12,20H,8-9,13-14H2,(H,23,25). The van der Waals surface area contributed by atoms with Gasteiger partial charge in [-0.05, 0) is 76.4 Å². The number of nitrogens with zero attached hydrogens (tertiary/aromatic N) is 1. The average molecular weight is 515 g/mol. The summed E-state index contributed by atoms with van der Waals surface area (Å²) in [4.78, 5) is 14.3. The van der Waals surface area contributed by atoms with E-state index in [1.54, 1.807) is 11.8 Å². The first-order chi connectivity index (χ1) is 13.1. The molecule has 1 amide bonds. The van der Waals surface area contributed by atoms with Crippen LogP contribution in [0.3, 0.4) is 0 Å². The summed E-state index contributed by atoms with van der Waals surface area (Å²) in [6.45, 7) is 1.47. The predicted molar refractivity (Wildman–Crippen MR) is 120 cm³/mol. The molecule has 4 nitrogen and oxygen atoms in total. The van der Waals surface area contributed by atoms with E-state index in [1.165, 1.54) is 5.56 Å². The first-order valence-corrected chi connectivity index (χ1v) is 11.0. The highest BCUT2D eigenvalue weighted by molar-refractivity contribution is 14.1. The molecular formula is C20H20ClIN2O2S. The first-order valence-electron chi connectivity index (χ1n) is 8.57. The Hall–Kier alpha value is -1.38. The number of hydrogen-bond donors (Lipinski definition) is 1. The maximum atomic E-state index is 12.1. The maximum Gasteiger partial charge on any atom is 0.258 e. The molecular weight excluding hydrogens is 495 g/mol. The third-order valence-corrected chi connectivity index (χ3v) is 6.05. The van der Waals surface area contributed by atoms with Crippen LogP contribution in [0.15, 0.2) is 60.1 Å². The lowest BCUT2D eigenvalue weighted by atomic mass is 10.1. The summed E-state index contributed by atoms with van der Waals surface area (Å²) in [5.41, 5.74) is 1.21. The van der Waals surface area contributed by atoms with Crippen LogP contribution in [0.2, 0.25) is 5.02 Å². The Morgan fingerprint density at radius 1 is 1.26 bits per heavy atom. The monoisotopic (exact) mass is 514 g/mol. The minimum Gasteiger partial charge on any atom is -0.484 e. The van der Waals surface area contributed by atoms with Crippen LogP contribution in [0, 0.1) is 3.57 Å². The van der Waals surface area contributed by atoms with Gasteiger partial charge in [-0.3, -0.25) is 4.79 Å². The lowest BCUT2D eigenvalue weighted by molar-refractivity contribution is -0.123. The summed E-state index contributed by atoms with van der Waals surface area (Å²) in [5.74, 6) is 0.585. The molecule has 3 rings (SSSR count). The Morgan fingerprint density at radius 3 is 2.85 bits per heavy atom. The van der Waals surface area contributed by atoms with Crippen molar-refractivity contribution in [3.05, 3.63) is 74.3 Å². The molecule has 0 spiro atoms. The summed E-state index contributed by atoms with van der Waals surface area (Å²) in [6, 6.07) is 15.6. The molecule has 0 aromatic heterocycles. The van der Waals surface area contributed by atoms with Gasteiger partial charge in [-0.25, -0.2) is 0 Å². The zero-order valence-corrected chi connectivity index (χ0v) is 18.3. The minimum absolute atomic E-state index is 0.0217. The van der Waals surface area contributed by atoms with Crippen LogP contribution >= 0.6 is 46.0 Å². The lowest BCUT2D eigenvalue weighted by Crippen LogP contribution is -2.40. The van der Waals surface area contributed by atoms with Crippen molar-refractivity contribution in [2.75, 3.05) is 19.7 Å². The van der Waals surface area contributed by atoms with Crippen LogP contribution in [-0.2, 0) is 11.2 Å². The van der Waals surface area contributed by atoms with E-state index in [0.717, 1.165) is 21.6 Å². The number of rotatable bonds is 8. The molecule has 27 heavy (non-hydrogen) atoms. The van der Waals surface area contributed by atoms with E-state index in [-0.39, 0.29) is 17.9 Å². The summed E-state index contributed by atoms with van der Waals surface area (Å²) < 4.78 is 6.65. The lowest BCUT2D eigenvalue weighted by Gasteiger charge is -2.25. The molecule has 0 bridgehead atoms. The average Bonchev–Trinajstić information content (AvgIpc) is 3.12. The van der Waals surface area contributed by atoms with Crippen molar-refractivity contribution in [3.63, 3.8) is 0 Å². The molecule has 2 aromatic rings. The van der Waals surface area contributed by atoms with Gasteiger partial charge in [0.2, 0.25) is 0 Å². The fourth-order valence-electron chi connectivity index (χ4n) is 2.64. The first kappa shape index (κ1) is 20.4. The molecule has 1 unspecified atom stereocenters. The summed E-state index contributed by atoms with van der Waals surface area (Å²) >= 11 is 9.99. The molecule has 142 valence electrons. The van der Waals surface area contributed by atoms with E-state index >= 15 is 0 Å². The molecule has 7 heteroatoms. The molecule has 1 aliphatic heterocycles. The topological polar surface area (TPSA) is 41.6 Å². The molecule has 1 aliphatic rings. The van der Waals surface area contributed by atoms with E-state index in [1.807, 2.05) is 42.5 Å². The van der Waals surface area contributed by atoms with Crippen molar-refractivity contribution < 1.29 is 9.53 Å². The van der Waals surface area contributed by atoms with Gasteiger partial charge < -0.3 is 15.0 Å². The van der Waals surface area contributed by atoms with E-state index in [2.05, 4.69) is 50.5 Å². The Kier molecular flexibility index (Phi) is 7.72. The summed E-state index contributed by atoms with van der Waals surface area (Å²) in [7, 11) is 0. The van der Waals surface area contributed by atoms with Gasteiger partial charge in [0.1, 0.15) is 5.75 Å². The van der Waals surface area contributed by atoms with Crippen LogP contribution in [0.4, 0.5) is 0 Å². The third kappa shape index (κ3) is 6.62. The van der Waals surface area contributed by atoms with Gasteiger partial charge in [0, 0.05) is 27.9 Å². The number of amides is 1. The maximum absolute atomic E-state index is 12.1. The number of nitrogens with one attached hydrogen (secondary N) is 1. The SMILES string of the molecule is O=C(COc1ccc(I)cc1)NCC1SC=CN1CCc1cccc(Cl)c1. The van der Waals surface area contributed by atoms with Crippen molar-refractivity contribution in [3.8, 4) is 5.75 Å². The van der Waals surface area contributed by atoms with Crippen molar-refractivity contribution in [2.45, 2.75) is 11.8 Å². The predicted octanol–water partition coefficient (Wildman–Crippen LogP) is 4.53. The van der Waals surface area contributed by atoms with Crippen molar-refractivity contribution in [1.82, 2.24) is 10.2 Å². The van der Waals surface area contributed by atoms with E-state index in [0.29, 0.717) is 12.3 Å². The van der Waals surface area contributed by atoms with E-state index < -0.39 is 0 Å². The highest BCUT2D eigenvalue weighted by Gasteiger charge is 2.20. The smallest absolute Gasteiger partial charge is 0.258 e. The Labute approximate surface area is 182 Å². The number of carbonyl (C=O) groups is 1. The second kappa shape index (κ2) is 10.2. The normalized spacial score (nSPS) is 15.8. The quantitative estimate of drug-likeness (QED) is 0.526. The van der Waals surface area contributed by atoms with Gasteiger partial charge in [-0.2, -0.15) is 0 Å². The molecule has 0 aliphatic carbocycles. The van der Waals surface area contributed by atoms with Gasteiger partial charge in [0.05, 0.1) is 5.37 Å². The zero-order chi connectivity index (χ0) is 19.1. The minimum atomic E-state index is -0.115. The van der Waals surface area contributed by atoms with Gasteiger partial charge >= 0.3 is 0 Å². The van der Waals surface area contributed by atoms with Crippen LogP contribution in [0.1, 0.15) is 5.56 Å². The van der Waals surface area contributed by atoms with Crippen LogP contribution in [0.25, 0.3) is 0 Å². The molecule has 0 saturated carbocycles. The number of carbonyl (C=O) groups excluding carboxylic acids is 1. The Morgan fingerprint density at radius 2 is 2.07 bits per heavy atom. The highest BCUT2D eigenvalue weighted by Crippen LogP contribution is 2.25. The zero-order valence-electron chi connectivity index (χ0n) is 14.6. The number of benzene rings is 2. The summed E-state index contributed by atoms with van der Waals surface area (Å²) in [6.07, 6.45) is 2.99. The molecule has 1 atom stereocenters. The molecule has 0 saturated heterocycles. The van der Waals surface area contributed by atoms with Gasteiger partial charge in [-0.1, -0.05) is 23.7 Å². The second-order valence-electron chi connectivity index (χ2n) is 6.04. The number of hydrogen-bond acceptors (Lipinski definition) is 4. The highest BCUT2D eigenvalue weighted by atomic mass is 127. The van der Waals surface area contributed by atoms with Crippen LogP contribution in [-0.4, -0.2) is 35.9 Å². The van der Waals surface area contributed by atoms with Crippen LogP contribution in [0.5, 0.6) is 5.75 Å². The van der Waals surface area contributed by atoms with Crippen molar-refractivity contribution >= 4 is 51.9 Å². The fraction of sp³-hybridized carbons (Fsp3) is 0.250.